The van der Waals surface area contributed by atoms with Crippen molar-refractivity contribution in [1.82, 2.24) is 4.90 Å². The molecule has 4 nitrogen and oxygen atoms in total. The molecule has 1 saturated carbocycles. The molecule has 1 amide bonds. The van der Waals surface area contributed by atoms with Crippen molar-refractivity contribution in [1.29, 1.82) is 0 Å². The minimum absolute atomic E-state index is 0. The summed E-state index contributed by atoms with van der Waals surface area (Å²) in [5.74, 6) is 0.848. The van der Waals surface area contributed by atoms with Crippen LogP contribution in [0.25, 0.3) is 10.8 Å². The molecule has 0 heterocycles. The normalized spacial score (nSPS) is 15.5. The number of hydrogen-bond donors (Lipinski definition) is 1. The van der Waals surface area contributed by atoms with Gasteiger partial charge in [0.05, 0.1) is 13.7 Å². The average molecular weight is 377 g/mol. The molecule has 3 rings (SSSR count). The maximum Gasteiger partial charge on any atom is 0.227 e. The van der Waals surface area contributed by atoms with Crippen molar-refractivity contribution < 1.29 is 9.53 Å². The van der Waals surface area contributed by atoms with Gasteiger partial charge in [0.15, 0.2) is 0 Å². The minimum atomic E-state index is -0.151. The number of methoxy groups -OCH3 is 1. The van der Waals surface area contributed by atoms with E-state index in [1.54, 1.807) is 7.11 Å². The van der Waals surface area contributed by atoms with Gasteiger partial charge in [-0.15, -0.1) is 12.4 Å². The third kappa shape index (κ3) is 4.13. The van der Waals surface area contributed by atoms with E-state index >= 15 is 0 Å². The molecule has 2 aromatic rings. The molecule has 5 heteroatoms. The lowest BCUT2D eigenvalue weighted by Gasteiger charge is -2.32. The number of ether oxygens (including phenoxy) is 1. The largest absolute Gasteiger partial charge is 0.496 e. The highest BCUT2D eigenvalue weighted by molar-refractivity contribution is 5.88. The highest BCUT2D eigenvalue weighted by Crippen LogP contribution is 2.32. The lowest BCUT2D eigenvalue weighted by Crippen LogP contribution is -2.43. The molecule has 0 aromatic heterocycles. The van der Waals surface area contributed by atoms with Gasteiger partial charge in [-0.25, -0.2) is 0 Å². The van der Waals surface area contributed by atoms with Crippen LogP contribution in [-0.2, 0) is 11.3 Å². The molecule has 0 saturated heterocycles. The van der Waals surface area contributed by atoms with Crippen molar-refractivity contribution in [3.63, 3.8) is 0 Å². The van der Waals surface area contributed by atoms with E-state index in [0.29, 0.717) is 19.1 Å². The molecule has 142 valence electrons. The van der Waals surface area contributed by atoms with Gasteiger partial charge in [-0.1, -0.05) is 50.1 Å². The van der Waals surface area contributed by atoms with Crippen molar-refractivity contribution in [2.24, 2.45) is 11.7 Å². The number of carbonyl (C=O) groups is 1. The number of hydrogen-bond acceptors (Lipinski definition) is 3. The summed E-state index contributed by atoms with van der Waals surface area (Å²) in [4.78, 5) is 15.1. The zero-order valence-corrected chi connectivity index (χ0v) is 16.4. The Morgan fingerprint density at radius 2 is 1.92 bits per heavy atom. The fourth-order valence-electron chi connectivity index (χ4n) is 3.83. The maximum atomic E-state index is 13.0. The van der Waals surface area contributed by atoms with Crippen LogP contribution in [0.3, 0.4) is 0 Å². The monoisotopic (exact) mass is 376 g/mol. The van der Waals surface area contributed by atoms with Crippen LogP contribution in [0.4, 0.5) is 0 Å². The first-order chi connectivity index (χ1) is 12.2. The van der Waals surface area contributed by atoms with Crippen molar-refractivity contribution in [2.45, 2.75) is 45.2 Å². The van der Waals surface area contributed by atoms with Crippen molar-refractivity contribution in [3.8, 4) is 5.75 Å². The Morgan fingerprint density at radius 3 is 2.58 bits per heavy atom. The summed E-state index contributed by atoms with van der Waals surface area (Å²) in [6, 6.07) is 12.7. The second kappa shape index (κ2) is 9.24. The van der Waals surface area contributed by atoms with E-state index in [9.17, 15) is 4.79 Å². The Labute approximate surface area is 162 Å². The van der Waals surface area contributed by atoms with Gasteiger partial charge in [0.1, 0.15) is 5.75 Å². The lowest BCUT2D eigenvalue weighted by molar-refractivity contribution is -0.137. The van der Waals surface area contributed by atoms with Gasteiger partial charge in [-0.05, 0) is 29.7 Å². The van der Waals surface area contributed by atoms with Crippen LogP contribution in [0.15, 0.2) is 36.4 Å². The summed E-state index contributed by atoms with van der Waals surface area (Å²) in [5.41, 5.74) is 6.87. The number of carbonyl (C=O) groups excluding carboxylic acids is 1. The molecule has 1 aliphatic carbocycles. The number of rotatable bonds is 6. The Balaban J connectivity index is 0.00000243. The molecule has 0 aliphatic heterocycles. The second-order valence-electron chi connectivity index (χ2n) is 7.01. The second-order valence-corrected chi connectivity index (χ2v) is 7.01. The van der Waals surface area contributed by atoms with Crippen LogP contribution in [0, 0.1) is 5.92 Å². The van der Waals surface area contributed by atoms with Crippen molar-refractivity contribution in [2.75, 3.05) is 13.7 Å². The van der Waals surface area contributed by atoms with Crippen LogP contribution < -0.4 is 10.5 Å². The number of benzene rings is 2. The third-order valence-corrected chi connectivity index (χ3v) is 5.37. The zero-order valence-electron chi connectivity index (χ0n) is 15.6. The van der Waals surface area contributed by atoms with E-state index in [1.165, 1.54) is 18.2 Å². The first-order valence-corrected chi connectivity index (χ1v) is 9.21. The van der Waals surface area contributed by atoms with Gasteiger partial charge in [0.2, 0.25) is 5.91 Å². The van der Waals surface area contributed by atoms with Gasteiger partial charge in [0, 0.05) is 24.1 Å². The van der Waals surface area contributed by atoms with Gasteiger partial charge in [-0.3, -0.25) is 4.79 Å². The minimum Gasteiger partial charge on any atom is -0.496 e. The molecule has 0 spiro atoms. The van der Waals surface area contributed by atoms with Crippen LogP contribution in [-0.4, -0.2) is 30.5 Å². The predicted octanol–water partition coefficient (Wildman–Crippen LogP) is 4.14. The van der Waals surface area contributed by atoms with Crippen LogP contribution in [0.1, 0.15) is 38.2 Å². The molecule has 1 fully saturated rings. The quantitative estimate of drug-likeness (QED) is 0.824. The highest BCUT2D eigenvalue weighted by atomic mass is 35.5. The Bertz CT molecular complexity index is 744. The summed E-state index contributed by atoms with van der Waals surface area (Å²) in [6.45, 7) is 2.89. The summed E-state index contributed by atoms with van der Waals surface area (Å²) < 4.78 is 5.62. The number of nitrogens with zero attached hydrogens (tertiary/aromatic N) is 1. The predicted molar refractivity (Wildman–Crippen MR) is 109 cm³/mol. The third-order valence-electron chi connectivity index (χ3n) is 5.37. The van der Waals surface area contributed by atoms with E-state index in [4.69, 9.17) is 10.5 Å². The van der Waals surface area contributed by atoms with Crippen LogP contribution in [0.5, 0.6) is 5.75 Å². The summed E-state index contributed by atoms with van der Waals surface area (Å²) >= 11 is 0. The SMILES string of the molecule is COc1ccc2ccccc2c1CN(C(=O)C(C)CN)C1CCCC1.Cl. The van der Waals surface area contributed by atoms with E-state index in [-0.39, 0.29) is 24.2 Å². The number of nitrogens with two attached hydrogens (primary N) is 1. The van der Waals surface area contributed by atoms with Crippen molar-refractivity contribution >= 4 is 29.1 Å². The van der Waals surface area contributed by atoms with Gasteiger partial charge >= 0.3 is 0 Å². The van der Waals surface area contributed by atoms with Crippen LogP contribution in [0.2, 0.25) is 0 Å². The molecule has 26 heavy (non-hydrogen) atoms. The molecular weight excluding hydrogens is 348 g/mol. The Kier molecular flexibility index (Phi) is 7.30. The Morgan fingerprint density at radius 1 is 1.23 bits per heavy atom. The molecule has 1 unspecified atom stereocenters. The topological polar surface area (TPSA) is 55.6 Å². The van der Waals surface area contributed by atoms with E-state index in [2.05, 4.69) is 23.1 Å². The number of amides is 1. The molecule has 2 N–H and O–H groups in total. The first kappa shape index (κ1) is 20.5. The fourth-order valence-corrected chi connectivity index (χ4v) is 3.83. The van der Waals surface area contributed by atoms with E-state index < -0.39 is 0 Å². The summed E-state index contributed by atoms with van der Waals surface area (Å²) in [5, 5.41) is 2.32. The summed E-state index contributed by atoms with van der Waals surface area (Å²) in [7, 11) is 1.69. The molecule has 0 bridgehead atoms. The molecular formula is C21H29ClN2O2. The molecule has 1 atom stereocenters. The van der Waals surface area contributed by atoms with Gasteiger partial charge in [0.25, 0.3) is 0 Å². The van der Waals surface area contributed by atoms with Gasteiger partial charge in [-0.2, -0.15) is 0 Å². The maximum absolute atomic E-state index is 13.0. The number of halogens is 1. The fraction of sp³-hybridized carbons (Fsp3) is 0.476. The Hall–Kier alpha value is -1.78. The number of fused-ring (bicyclic) bond motifs is 1. The summed E-state index contributed by atoms with van der Waals surface area (Å²) in [6.07, 6.45) is 4.54. The molecule has 1 aliphatic rings. The van der Waals surface area contributed by atoms with E-state index in [0.717, 1.165) is 29.5 Å². The van der Waals surface area contributed by atoms with E-state index in [1.807, 2.05) is 25.1 Å². The first-order valence-electron chi connectivity index (χ1n) is 9.21. The lowest BCUT2D eigenvalue weighted by atomic mass is 10.0. The molecule has 0 radical (unpaired) electrons. The smallest absolute Gasteiger partial charge is 0.227 e. The van der Waals surface area contributed by atoms with Crippen molar-refractivity contribution in [3.05, 3.63) is 42.0 Å². The molecule has 2 aromatic carbocycles. The zero-order chi connectivity index (χ0) is 17.8. The standard InChI is InChI=1S/C21H28N2O2.ClH/c1-15(13-22)21(24)23(17-8-4-5-9-17)14-19-18-10-6-3-7-16(18)11-12-20(19)25-2;/h3,6-7,10-12,15,17H,4-5,8-9,13-14,22H2,1-2H3;1H. The highest BCUT2D eigenvalue weighted by Gasteiger charge is 2.30. The van der Waals surface area contributed by atoms with Gasteiger partial charge < -0.3 is 15.4 Å². The average Bonchev–Trinajstić information content (AvgIpc) is 3.19. The van der Waals surface area contributed by atoms with Crippen LogP contribution >= 0.6 is 12.4 Å².